The number of nitro benzene ring substituents is 1. The van der Waals surface area contributed by atoms with E-state index in [0.717, 1.165) is 11.1 Å². The lowest BCUT2D eigenvalue weighted by atomic mass is 10.1. The fourth-order valence-electron chi connectivity index (χ4n) is 2.34. The van der Waals surface area contributed by atoms with Gasteiger partial charge in [0, 0.05) is 38.1 Å². The van der Waals surface area contributed by atoms with Gasteiger partial charge in [0.2, 0.25) is 0 Å². The van der Waals surface area contributed by atoms with Crippen molar-refractivity contribution in [1.29, 1.82) is 0 Å². The molecule has 0 radical (unpaired) electrons. The molecule has 1 atom stereocenters. The van der Waals surface area contributed by atoms with Crippen molar-refractivity contribution >= 4 is 11.4 Å². The third kappa shape index (κ3) is 3.59. The summed E-state index contributed by atoms with van der Waals surface area (Å²) in [4.78, 5) is 17.0. The number of hydrogen-bond acceptors (Lipinski definition) is 5. The maximum Gasteiger partial charge on any atom is 0.292 e. The van der Waals surface area contributed by atoms with Gasteiger partial charge in [-0.15, -0.1) is 0 Å². The number of rotatable bonds is 6. The topological polar surface area (TPSA) is 71.3 Å². The largest absolute Gasteiger partial charge is 0.383 e. The fraction of sp³-hybridized carbons (Fsp3) is 0.312. The van der Waals surface area contributed by atoms with Crippen molar-refractivity contribution in [3.05, 3.63) is 64.0 Å². The molecular formula is C16H20N4O2. The van der Waals surface area contributed by atoms with Crippen molar-refractivity contribution in [2.75, 3.05) is 19.4 Å². The molecule has 2 aromatic rings. The number of nitrogens with one attached hydrogen (secondary N) is 1. The normalized spacial score (nSPS) is 12.2. The van der Waals surface area contributed by atoms with Crippen LogP contribution in [0.5, 0.6) is 0 Å². The highest BCUT2D eigenvalue weighted by Gasteiger charge is 2.16. The highest BCUT2D eigenvalue weighted by atomic mass is 16.6. The van der Waals surface area contributed by atoms with Crippen molar-refractivity contribution in [2.24, 2.45) is 0 Å². The Morgan fingerprint density at radius 1 is 1.41 bits per heavy atom. The smallest absolute Gasteiger partial charge is 0.292 e. The van der Waals surface area contributed by atoms with E-state index in [1.807, 2.05) is 31.4 Å². The van der Waals surface area contributed by atoms with Gasteiger partial charge in [0.1, 0.15) is 5.69 Å². The number of hydrogen-bond donors (Lipinski definition) is 1. The number of nitrogens with zero attached hydrogens (tertiary/aromatic N) is 3. The lowest BCUT2D eigenvalue weighted by molar-refractivity contribution is -0.384. The molecule has 6 nitrogen and oxygen atoms in total. The van der Waals surface area contributed by atoms with E-state index >= 15 is 0 Å². The molecule has 1 aromatic heterocycles. The summed E-state index contributed by atoms with van der Waals surface area (Å²) >= 11 is 0. The molecule has 2 rings (SSSR count). The molecule has 22 heavy (non-hydrogen) atoms. The molecule has 0 saturated carbocycles. The van der Waals surface area contributed by atoms with Crippen molar-refractivity contribution < 1.29 is 4.92 Å². The average Bonchev–Trinajstić information content (AvgIpc) is 2.54. The van der Waals surface area contributed by atoms with Crippen LogP contribution in [0.1, 0.15) is 24.1 Å². The summed E-state index contributed by atoms with van der Waals surface area (Å²) in [6, 6.07) is 9.39. The van der Waals surface area contributed by atoms with Crippen LogP contribution in [0.2, 0.25) is 0 Å². The summed E-state index contributed by atoms with van der Waals surface area (Å²) < 4.78 is 0. The molecule has 0 aliphatic carbocycles. The zero-order chi connectivity index (χ0) is 16.1. The van der Waals surface area contributed by atoms with E-state index in [1.54, 1.807) is 25.4 Å². The van der Waals surface area contributed by atoms with Gasteiger partial charge in [0.25, 0.3) is 5.69 Å². The number of anilines is 1. The Hall–Kier alpha value is -2.47. The lowest BCUT2D eigenvalue weighted by Crippen LogP contribution is -2.22. The van der Waals surface area contributed by atoms with Crippen molar-refractivity contribution in [3.63, 3.8) is 0 Å². The number of nitro groups is 1. The SMILES string of the molecule is CNc1ccc(CN(C)[C@H](C)c2cccnc2)cc1[N+](=O)[O-]. The van der Waals surface area contributed by atoms with Crippen LogP contribution >= 0.6 is 0 Å². The quantitative estimate of drug-likeness (QED) is 0.655. The average molecular weight is 300 g/mol. The Bertz CT molecular complexity index is 646. The minimum absolute atomic E-state index is 0.0995. The van der Waals surface area contributed by atoms with Gasteiger partial charge in [0.15, 0.2) is 0 Å². The first-order valence-corrected chi connectivity index (χ1v) is 7.08. The van der Waals surface area contributed by atoms with Gasteiger partial charge in [-0.2, -0.15) is 0 Å². The molecule has 0 fully saturated rings. The predicted octanol–water partition coefficient (Wildman–Crippen LogP) is 3.22. The molecule has 0 unspecified atom stereocenters. The third-order valence-electron chi connectivity index (χ3n) is 3.79. The molecular weight excluding hydrogens is 280 g/mol. The van der Waals surface area contributed by atoms with Gasteiger partial charge < -0.3 is 5.32 Å². The van der Waals surface area contributed by atoms with Gasteiger partial charge in [-0.3, -0.25) is 20.0 Å². The summed E-state index contributed by atoms with van der Waals surface area (Å²) in [5.74, 6) is 0. The first kappa shape index (κ1) is 15.9. The molecule has 0 saturated heterocycles. The first-order chi connectivity index (χ1) is 10.5. The van der Waals surface area contributed by atoms with Crippen LogP contribution in [-0.4, -0.2) is 28.9 Å². The van der Waals surface area contributed by atoms with E-state index in [9.17, 15) is 10.1 Å². The zero-order valence-corrected chi connectivity index (χ0v) is 13.0. The highest BCUT2D eigenvalue weighted by Crippen LogP contribution is 2.27. The molecule has 116 valence electrons. The van der Waals surface area contributed by atoms with Crippen molar-refractivity contribution in [3.8, 4) is 0 Å². The Morgan fingerprint density at radius 2 is 2.18 bits per heavy atom. The van der Waals surface area contributed by atoms with Crippen LogP contribution in [0, 0.1) is 10.1 Å². The maximum absolute atomic E-state index is 11.1. The first-order valence-electron chi connectivity index (χ1n) is 7.08. The van der Waals surface area contributed by atoms with Crippen LogP contribution in [0.15, 0.2) is 42.7 Å². The second-order valence-electron chi connectivity index (χ2n) is 5.24. The molecule has 0 bridgehead atoms. The van der Waals surface area contributed by atoms with Crippen LogP contribution in [-0.2, 0) is 6.54 Å². The number of aromatic nitrogens is 1. The minimum atomic E-state index is -0.361. The molecule has 0 amide bonds. The van der Waals surface area contributed by atoms with Gasteiger partial charge >= 0.3 is 0 Å². The van der Waals surface area contributed by atoms with Crippen LogP contribution in [0.3, 0.4) is 0 Å². The zero-order valence-electron chi connectivity index (χ0n) is 13.0. The van der Waals surface area contributed by atoms with Crippen LogP contribution < -0.4 is 5.32 Å². The Balaban J connectivity index is 2.16. The fourth-order valence-corrected chi connectivity index (χ4v) is 2.34. The minimum Gasteiger partial charge on any atom is -0.383 e. The Morgan fingerprint density at radius 3 is 2.77 bits per heavy atom. The summed E-state index contributed by atoms with van der Waals surface area (Å²) in [6.45, 7) is 2.72. The predicted molar refractivity (Wildman–Crippen MR) is 86.8 cm³/mol. The Kier molecular flexibility index (Phi) is 5.06. The van der Waals surface area contributed by atoms with Crippen LogP contribution in [0.4, 0.5) is 11.4 Å². The summed E-state index contributed by atoms with van der Waals surface area (Å²) in [5.41, 5.74) is 2.65. The second kappa shape index (κ2) is 7.00. The maximum atomic E-state index is 11.1. The van der Waals surface area contributed by atoms with E-state index in [4.69, 9.17) is 0 Å². The summed E-state index contributed by atoms with van der Waals surface area (Å²) in [5, 5.41) is 14.0. The van der Waals surface area contributed by atoms with Gasteiger partial charge in [-0.05, 0) is 37.2 Å². The highest BCUT2D eigenvalue weighted by molar-refractivity contribution is 5.62. The molecule has 0 spiro atoms. The molecule has 1 N–H and O–H groups in total. The monoisotopic (exact) mass is 300 g/mol. The third-order valence-corrected chi connectivity index (χ3v) is 3.79. The van der Waals surface area contributed by atoms with Crippen LogP contribution in [0.25, 0.3) is 0 Å². The molecule has 1 heterocycles. The van der Waals surface area contributed by atoms with Gasteiger partial charge in [0.05, 0.1) is 4.92 Å². The number of benzene rings is 1. The second-order valence-corrected chi connectivity index (χ2v) is 5.24. The molecule has 0 aliphatic rings. The Labute approximate surface area is 129 Å². The molecule has 6 heteroatoms. The van der Waals surface area contributed by atoms with E-state index < -0.39 is 0 Å². The number of pyridine rings is 1. The van der Waals surface area contributed by atoms with Crippen molar-refractivity contribution in [2.45, 2.75) is 19.5 Å². The molecule has 1 aromatic carbocycles. The summed E-state index contributed by atoms with van der Waals surface area (Å²) in [7, 11) is 3.67. The lowest BCUT2D eigenvalue weighted by Gasteiger charge is -2.24. The van der Waals surface area contributed by atoms with Gasteiger partial charge in [-0.1, -0.05) is 12.1 Å². The van der Waals surface area contributed by atoms with E-state index in [0.29, 0.717) is 12.2 Å². The van der Waals surface area contributed by atoms with Gasteiger partial charge in [-0.25, -0.2) is 0 Å². The standard InChI is InChI=1S/C16H20N4O2/c1-12(14-5-4-8-18-10-14)19(3)11-13-6-7-15(17-2)16(9-13)20(21)22/h4-10,12,17H,11H2,1-3H3/t12-/m1/s1. The van der Waals surface area contributed by atoms with E-state index in [2.05, 4.69) is 22.1 Å². The molecule has 0 aliphatic heterocycles. The van der Waals surface area contributed by atoms with E-state index in [1.165, 1.54) is 0 Å². The van der Waals surface area contributed by atoms with E-state index in [-0.39, 0.29) is 16.7 Å². The summed E-state index contributed by atoms with van der Waals surface area (Å²) in [6.07, 6.45) is 3.59. The van der Waals surface area contributed by atoms with Crippen molar-refractivity contribution in [1.82, 2.24) is 9.88 Å².